The number of nitrogens with one attached hydrogen (secondary N) is 1. The Labute approximate surface area is 140 Å². The van der Waals surface area contributed by atoms with E-state index in [2.05, 4.69) is 5.32 Å². The van der Waals surface area contributed by atoms with Crippen molar-refractivity contribution in [2.75, 3.05) is 13.7 Å². The van der Waals surface area contributed by atoms with Crippen LogP contribution in [0.1, 0.15) is 29.6 Å². The van der Waals surface area contributed by atoms with Crippen molar-refractivity contribution < 1.29 is 19.0 Å². The maximum Gasteiger partial charge on any atom is 0.223 e. The number of carbonyl (C=O) groups excluding carboxylic acids is 1. The highest BCUT2D eigenvalue weighted by molar-refractivity contribution is 5.82. The van der Waals surface area contributed by atoms with E-state index in [4.69, 9.17) is 4.74 Å². The smallest absolute Gasteiger partial charge is 0.223 e. The zero-order chi connectivity index (χ0) is 17.1. The van der Waals surface area contributed by atoms with Crippen molar-refractivity contribution in [2.45, 2.75) is 18.4 Å². The van der Waals surface area contributed by atoms with Crippen molar-refractivity contribution in [1.82, 2.24) is 5.32 Å². The molecule has 1 aliphatic carbocycles. The summed E-state index contributed by atoms with van der Waals surface area (Å²) in [7, 11) is 1.56. The van der Waals surface area contributed by atoms with E-state index in [-0.39, 0.29) is 30.1 Å². The molecule has 2 N–H and O–H groups in total. The third-order valence-electron chi connectivity index (χ3n) is 4.38. The minimum Gasteiger partial charge on any atom is -0.497 e. The topological polar surface area (TPSA) is 58.6 Å². The highest BCUT2D eigenvalue weighted by atomic mass is 19.1. The fourth-order valence-corrected chi connectivity index (χ4v) is 2.90. The Morgan fingerprint density at radius 2 is 2.12 bits per heavy atom. The molecule has 3 atom stereocenters. The van der Waals surface area contributed by atoms with Crippen LogP contribution in [0.5, 0.6) is 5.75 Å². The summed E-state index contributed by atoms with van der Waals surface area (Å²) in [5, 5.41) is 12.9. The summed E-state index contributed by atoms with van der Waals surface area (Å²) in [6, 6.07) is 13.6. The van der Waals surface area contributed by atoms with Gasteiger partial charge in [-0.05, 0) is 41.7 Å². The molecular weight excluding hydrogens is 309 g/mol. The van der Waals surface area contributed by atoms with Crippen LogP contribution in [0.2, 0.25) is 0 Å². The standard InChI is InChI=1S/C19H20FNO3/c1-24-13-6-4-5-12(9-13)18(22)11-21-19(23)16-10-15(16)14-7-2-3-8-17(14)20/h2-9,15-16,18,22H,10-11H2,1H3,(H,21,23). The van der Waals surface area contributed by atoms with E-state index < -0.39 is 6.10 Å². The molecule has 0 aliphatic heterocycles. The van der Waals surface area contributed by atoms with E-state index in [9.17, 15) is 14.3 Å². The number of carbonyl (C=O) groups is 1. The van der Waals surface area contributed by atoms with Crippen molar-refractivity contribution in [1.29, 1.82) is 0 Å². The summed E-state index contributed by atoms with van der Waals surface area (Å²) >= 11 is 0. The van der Waals surface area contributed by atoms with Gasteiger partial charge in [-0.15, -0.1) is 0 Å². The molecule has 2 aromatic carbocycles. The van der Waals surface area contributed by atoms with Gasteiger partial charge in [-0.25, -0.2) is 4.39 Å². The van der Waals surface area contributed by atoms with Crippen LogP contribution < -0.4 is 10.1 Å². The molecule has 0 saturated heterocycles. The van der Waals surface area contributed by atoms with Crippen LogP contribution in [-0.2, 0) is 4.79 Å². The minimum absolute atomic E-state index is 0.0693. The van der Waals surface area contributed by atoms with Gasteiger partial charge in [0, 0.05) is 12.5 Å². The average Bonchev–Trinajstić information content (AvgIpc) is 3.40. The van der Waals surface area contributed by atoms with Gasteiger partial charge in [0.05, 0.1) is 13.2 Å². The largest absolute Gasteiger partial charge is 0.497 e. The molecule has 0 bridgehead atoms. The van der Waals surface area contributed by atoms with Gasteiger partial charge >= 0.3 is 0 Å². The number of rotatable bonds is 6. The Morgan fingerprint density at radius 1 is 1.33 bits per heavy atom. The van der Waals surface area contributed by atoms with Crippen molar-refractivity contribution >= 4 is 5.91 Å². The summed E-state index contributed by atoms with van der Waals surface area (Å²) in [6.45, 7) is 0.118. The summed E-state index contributed by atoms with van der Waals surface area (Å²) in [5.74, 6) is -0.0568. The number of aliphatic hydroxyl groups is 1. The minimum atomic E-state index is -0.810. The van der Waals surface area contributed by atoms with Gasteiger partial charge in [0.25, 0.3) is 0 Å². The number of hydrogen-bond donors (Lipinski definition) is 2. The Kier molecular flexibility index (Phi) is 4.81. The molecule has 0 radical (unpaired) electrons. The Bertz CT molecular complexity index is 734. The second-order valence-electron chi connectivity index (χ2n) is 6.01. The maximum atomic E-state index is 13.7. The lowest BCUT2D eigenvalue weighted by Crippen LogP contribution is -2.30. The number of amides is 1. The fraction of sp³-hybridized carbons (Fsp3) is 0.316. The molecule has 0 aromatic heterocycles. The summed E-state index contributed by atoms with van der Waals surface area (Å²) in [6.07, 6.45) is -0.170. The molecular formula is C19H20FNO3. The van der Waals surface area contributed by atoms with E-state index >= 15 is 0 Å². The van der Waals surface area contributed by atoms with Crippen molar-refractivity contribution in [3.05, 3.63) is 65.5 Å². The molecule has 2 aromatic rings. The molecule has 1 saturated carbocycles. The van der Waals surface area contributed by atoms with Crippen molar-refractivity contribution in [2.24, 2.45) is 5.92 Å². The van der Waals surface area contributed by atoms with Crippen LogP contribution >= 0.6 is 0 Å². The molecule has 4 nitrogen and oxygen atoms in total. The number of methoxy groups -OCH3 is 1. The van der Waals surface area contributed by atoms with Crippen LogP contribution in [0.3, 0.4) is 0 Å². The first-order valence-electron chi connectivity index (χ1n) is 7.94. The zero-order valence-corrected chi connectivity index (χ0v) is 13.4. The summed E-state index contributed by atoms with van der Waals surface area (Å²) in [5.41, 5.74) is 1.27. The van der Waals surface area contributed by atoms with E-state index in [1.165, 1.54) is 6.07 Å². The third kappa shape index (κ3) is 3.57. The highest BCUT2D eigenvalue weighted by Crippen LogP contribution is 2.48. The highest BCUT2D eigenvalue weighted by Gasteiger charge is 2.45. The Morgan fingerprint density at radius 3 is 2.88 bits per heavy atom. The first kappa shape index (κ1) is 16.5. The van der Waals surface area contributed by atoms with E-state index in [1.54, 1.807) is 49.6 Å². The predicted octanol–water partition coefficient (Wildman–Crippen LogP) is 2.79. The van der Waals surface area contributed by atoms with Gasteiger partial charge in [0.2, 0.25) is 5.91 Å². The fourth-order valence-electron chi connectivity index (χ4n) is 2.90. The lowest BCUT2D eigenvalue weighted by molar-refractivity contribution is -0.122. The molecule has 1 fully saturated rings. The molecule has 0 heterocycles. The van der Waals surface area contributed by atoms with Gasteiger partial charge in [0.1, 0.15) is 11.6 Å². The second kappa shape index (κ2) is 7.01. The molecule has 1 aliphatic rings. The van der Waals surface area contributed by atoms with Gasteiger partial charge in [0.15, 0.2) is 0 Å². The number of halogens is 1. The lowest BCUT2D eigenvalue weighted by Gasteiger charge is -2.13. The van der Waals surface area contributed by atoms with Gasteiger partial charge in [-0.3, -0.25) is 4.79 Å². The molecule has 24 heavy (non-hydrogen) atoms. The number of aliphatic hydroxyl groups excluding tert-OH is 1. The Balaban J connectivity index is 1.54. The summed E-state index contributed by atoms with van der Waals surface area (Å²) in [4.78, 5) is 12.2. The predicted molar refractivity (Wildman–Crippen MR) is 88.2 cm³/mol. The third-order valence-corrected chi connectivity index (χ3v) is 4.38. The Hall–Kier alpha value is -2.40. The SMILES string of the molecule is COc1cccc(C(O)CNC(=O)C2CC2c2ccccc2F)c1. The van der Waals surface area contributed by atoms with Gasteiger partial charge < -0.3 is 15.2 Å². The quantitative estimate of drug-likeness (QED) is 0.857. The van der Waals surface area contributed by atoms with Gasteiger partial charge in [-0.2, -0.15) is 0 Å². The van der Waals surface area contributed by atoms with Crippen LogP contribution in [0.25, 0.3) is 0 Å². The first-order valence-corrected chi connectivity index (χ1v) is 7.94. The van der Waals surface area contributed by atoms with E-state index in [0.717, 1.165) is 0 Å². The second-order valence-corrected chi connectivity index (χ2v) is 6.01. The molecule has 0 spiro atoms. The normalized spacial score (nSPS) is 20.3. The molecule has 126 valence electrons. The number of ether oxygens (including phenoxy) is 1. The first-order chi connectivity index (χ1) is 11.6. The van der Waals surface area contributed by atoms with E-state index in [1.807, 2.05) is 0 Å². The zero-order valence-electron chi connectivity index (χ0n) is 13.4. The average molecular weight is 329 g/mol. The maximum absolute atomic E-state index is 13.7. The lowest BCUT2D eigenvalue weighted by atomic mass is 10.1. The monoisotopic (exact) mass is 329 g/mol. The van der Waals surface area contributed by atoms with Crippen molar-refractivity contribution in [3.8, 4) is 5.75 Å². The number of hydrogen-bond acceptors (Lipinski definition) is 3. The van der Waals surface area contributed by atoms with Crippen LogP contribution in [0.15, 0.2) is 48.5 Å². The summed E-state index contributed by atoms with van der Waals surface area (Å²) < 4.78 is 18.9. The van der Waals surface area contributed by atoms with Gasteiger partial charge in [-0.1, -0.05) is 30.3 Å². The molecule has 3 unspecified atom stereocenters. The van der Waals surface area contributed by atoms with Crippen LogP contribution in [0.4, 0.5) is 4.39 Å². The molecule has 5 heteroatoms. The molecule has 1 amide bonds. The van der Waals surface area contributed by atoms with E-state index in [0.29, 0.717) is 23.3 Å². The van der Waals surface area contributed by atoms with Crippen LogP contribution in [-0.4, -0.2) is 24.7 Å². The van der Waals surface area contributed by atoms with Crippen LogP contribution in [0, 0.1) is 11.7 Å². The number of benzene rings is 2. The van der Waals surface area contributed by atoms with Crippen molar-refractivity contribution in [3.63, 3.8) is 0 Å². The molecule has 3 rings (SSSR count).